The van der Waals surface area contributed by atoms with Crippen molar-refractivity contribution in [2.75, 3.05) is 6.61 Å². The standard InChI is InChI=1S/C39H57NO10/c1-21-14-15-24-23(16-21)17-22-18-25(24)40(27(41)19-22)31-30(50-35(45)39(11,12)13)29(49-34(44)38(8,9)10)28(48-33(43)37(5,6)7)26(47-31)20-46-32(42)36(2,3)4/h14-16,22,25-26,28-31H,17-20H2,1-13H3/t22?,25?,26-,28+,29+,30-,31-/m1/s1. The topological polar surface area (TPSA) is 135 Å². The molecule has 2 saturated heterocycles. The number of hydrogen-bond acceptors (Lipinski definition) is 10. The van der Waals surface area contributed by atoms with Gasteiger partial charge in [-0.15, -0.1) is 0 Å². The summed E-state index contributed by atoms with van der Waals surface area (Å²) in [5.74, 6) is -2.55. The summed E-state index contributed by atoms with van der Waals surface area (Å²) in [5, 5.41) is 0. The monoisotopic (exact) mass is 699 g/mol. The number of carbonyl (C=O) groups is 5. The molecule has 1 aromatic rings. The Balaban J connectivity index is 1.92. The molecule has 2 bridgehead atoms. The number of ether oxygens (including phenoxy) is 5. The van der Waals surface area contributed by atoms with Crippen molar-refractivity contribution in [1.82, 2.24) is 4.90 Å². The van der Waals surface area contributed by atoms with E-state index in [2.05, 4.69) is 6.07 Å². The Bertz CT molecular complexity index is 1490. The molecule has 2 fully saturated rings. The largest absolute Gasteiger partial charge is 0.462 e. The maximum Gasteiger partial charge on any atom is 0.311 e. The second-order valence-corrected chi connectivity index (χ2v) is 18.3. The highest BCUT2D eigenvalue weighted by Crippen LogP contribution is 2.47. The van der Waals surface area contributed by atoms with Crippen LogP contribution in [0.1, 0.15) is 119 Å². The van der Waals surface area contributed by atoms with Gasteiger partial charge in [-0.2, -0.15) is 0 Å². The van der Waals surface area contributed by atoms with Crippen LogP contribution in [0.5, 0.6) is 0 Å². The summed E-state index contributed by atoms with van der Waals surface area (Å²) in [5.41, 5.74) is -0.654. The molecule has 0 spiro atoms. The molecule has 0 saturated carbocycles. The van der Waals surface area contributed by atoms with Crippen molar-refractivity contribution >= 4 is 29.8 Å². The van der Waals surface area contributed by atoms with E-state index >= 15 is 0 Å². The van der Waals surface area contributed by atoms with Crippen molar-refractivity contribution in [2.24, 2.45) is 27.6 Å². The minimum atomic E-state index is -1.43. The van der Waals surface area contributed by atoms with E-state index in [1.54, 1.807) is 88.0 Å². The van der Waals surface area contributed by atoms with E-state index in [9.17, 15) is 24.0 Å². The zero-order valence-corrected chi connectivity index (χ0v) is 32.1. The molecule has 11 heteroatoms. The van der Waals surface area contributed by atoms with Crippen LogP contribution < -0.4 is 0 Å². The smallest absolute Gasteiger partial charge is 0.311 e. The van der Waals surface area contributed by atoms with Crippen molar-refractivity contribution in [3.63, 3.8) is 0 Å². The maximum absolute atomic E-state index is 14.2. The summed E-state index contributed by atoms with van der Waals surface area (Å²) in [7, 11) is 0. The minimum absolute atomic E-state index is 0.107. The fraction of sp³-hybridized carbons (Fsp3) is 0.718. The normalized spacial score (nSPS) is 27.2. The van der Waals surface area contributed by atoms with Crippen molar-refractivity contribution in [1.29, 1.82) is 0 Å². The van der Waals surface area contributed by atoms with Crippen LogP contribution in [0.15, 0.2) is 18.2 Å². The van der Waals surface area contributed by atoms with Gasteiger partial charge in [-0.1, -0.05) is 23.8 Å². The van der Waals surface area contributed by atoms with Gasteiger partial charge in [0.05, 0.1) is 27.7 Å². The molecule has 2 aliphatic heterocycles. The van der Waals surface area contributed by atoms with E-state index in [4.69, 9.17) is 23.7 Å². The van der Waals surface area contributed by atoms with Gasteiger partial charge in [0.1, 0.15) is 12.7 Å². The molecule has 4 rings (SSSR count). The summed E-state index contributed by atoms with van der Waals surface area (Å²) in [6, 6.07) is 5.71. The zero-order chi connectivity index (χ0) is 37.7. The van der Waals surface area contributed by atoms with Gasteiger partial charge < -0.3 is 28.6 Å². The van der Waals surface area contributed by atoms with E-state index < -0.39 is 82.2 Å². The van der Waals surface area contributed by atoms with Crippen molar-refractivity contribution < 1.29 is 47.7 Å². The zero-order valence-electron chi connectivity index (χ0n) is 32.1. The van der Waals surface area contributed by atoms with Crippen LogP contribution in [-0.2, 0) is 54.1 Å². The van der Waals surface area contributed by atoms with E-state index in [1.165, 1.54) is 0 Å². The Labute approximate surface area is 297 Å². The lowest BCUT2D eigenvalue weighted by Gasteiger charge is -2.53. The second kappa shape index (κ2) is 13.9. The molecule has 0 N–H and O–H groups in total. The second-order valence-electron chi connectivity index (χ2n) is 18.3. The Hall–Kier alpha value is -3.47. The van der Waals surface area contributed by atoms with Crippen LogP contribution in [0.25, 0.3) is 0 Å². The van der Waals surface area contributed by atoms with Crippen LogP contribution in [0.4, 0.5) is 0 Å². The minimum Gasteiger partial charge on any atom is -0.462 e. The molecule has 278 valence electrons. The van der Waals surface area contributed by atoms with Crippen LogP contribution in [-0.4, -0.2) is 71.9 Å². The lowest BCUT2D eigenvalue weighted by Crippen LogP contribution is -2.68. The Morgan fingerprint density at radius 1 is 0.720 bits per heavy atom. The van der Waals surface area contributed by atoms with Crippen molar-refractivity contribution in [2.45, 2.75) is 146 Å². The highest BCUT2D eigenvalue weighted by molar-refractivity contribution is 5.80. The lowest BCUT2D eigenvalue weighted by molar-refractivity contribution is -0.287. The van der Waals surface area contributed by atoms with Gasteiger partial charge in [0.2, 0.25) is 5.91 Å². The summed E-state index contributed by atoms with van der Waals surface area (Å²) < 4.78 is 31.0. The molecule has 2 heterocycles. The van der Waals surface area contributed by atoms with Gasteiger partial charge in [0.15, 0.2) is 24.5 Å². The van der Waals surface area contributed by atoms with Gasteiger partial charge in [-0.25, -0.2) is 0 Å². The van der Waals surface area contributed by atoms with Crippen molar-refractivity contribution in [3.05, 3.63) is 34.9 Å². The summed E-state index contributed by atoms with van der Waals surface area (Å²) in [4.78, 5) is 69.8. The Morgan fingerprint density at radius 3 is 1.74 bits per heavy atom. The SMILES string of the molecule is Cc1ccc2c(c1)CC1CC(=O)N([C@@H]3O[C@H](COC(=O)C(C)(C)C)[C@H](OC(=O)C(C)(C)C)[C@H](OC(=O)C(C)(C)C)[C@H]3OC(=O)C(C)(C)C)C2C1. The summed E-state index contributed by atoms with van der Waals surface area (Å²) >= 11 is 0. The number of fused-ring (bicyclic) bond motifs is 4. The molecule has 50 heavy (non-hydrogen) atoms. The first-order chi connectivity index (χ1) is 22.8. The van der Waals surface area contributed by atoms with Gasteiger partial charge in [-0.05, 0) is 120 Å². The van der Waals surface area contributed by atoms with E-state index in [0.717, 1.165) is 23.1 Å². The number of likely N-dealkylation sites (tertiary alicyclic amines) is 1. The summed E-state index contributed by atoms with van der Waals surface area (Å²) in [6.45, 7) is 21.9. The van der Waals surface area contributed by atoms with Crippen LogP contribution in [0.2, 0.25) is 0 Å². The number of nitrogens with zero attached hydrogens (tertiary/aromatic N) is 1. The first kappa shape index (κ1) is 39.3. The highest BCUT2D eigenvalue weighted by atomic mass is 16.7. The van der Waals surface area contributed by atoms with Gasteiger partial charge in [0, 0.05) is 6.42 Å². The fourth-order valence-corrected chi connectivity index (χ4v) is 6.27. The van der Waals surface area contributed by atoms with E-state index in [-0.39, 0.29) is 24.9 Å². The molecule has 0 radical (unpaired) electrons. The Kier molecular flexibility index (Phi) is 10.9. The molecular formula is C39H57NO10. The number of rotatable bonds is 6. The third kappa shape index (κ3) is 8.69. The number of benzene rings is 1. The van der Waals surface area contributed by atoms with Crippen LogP contribution in [0.3, 0.4) is 0 Å². The number of amides is 1. The third-order valence-corrected chi connectivity index (χ3v) is 9.25. The predicted octanol–water partition coefficient (Wildman–Crippen LogP) is 6.02. The molecule has 1 amide bonds. The highest BCUT2D eigenvalue weighted by Gasteiger charge is 2.58. The van der Waals surface area contributed by atoms with Gasteiger partial charge >= 0.3 is 23.9 Å². The average molecular weight is 700 g/mol. The quantitative estimate of drug-likeness (QED) is 0.256. The first-order valence-electron chi connectivity index (χ1n) is 17.7. The molecule has 3 aliphatic rings. The molecule has 1 aliphatic carbocycles. The van der Waals surface area contributed by atoms with Crippen LogP contribution >= 0.6 is 0 Å². The number of carbonyl (C=O) groups excluding carboxylic acids is 5. The van der Waals surface area contributed by atoms with Crippen molar-refractivity contribution in [3.8, 4) is 0 Å². The van der Waals surface area contributed by atoms with E-state index in [0.29, 0.717) is 6.42 Å². The molecule has 7 atom stereocenters. The molecule has 0 aromatic heterocycles. The van der Waals surface area contributed by atoms with Crippen LogP contribution in [0, 0.1) is 34.5 Å². The number of esters is 4. The number of hydrogen-bond donors (Lipinski definition) is 0. The average Bonchev–Trinajstić information content (AvgIpc) is 2.95. The first-order valence-corrected chi connectivity index (χ1v) is 17.7. The Morgan fingerprint density at radius 2 is 1.22 bits per heavy atom. The van der Waals surface area contributed by atoms with Gasteiger partial charge in [0.25, 0.3) is 0 Å². The third-order valence-electron chi connectivity index (χ3n) is 9.25. The lowest BCUT2D eigenvalue weighted by atomic mass is 9.74. The number of aryl methyl sites for hydroxylation is 1. The molecule has 11 nitrogen and oxygen atoms in total. The molecule has 2 unspecified atom stereocenters. The van der Waals surface area contributed by atoms with E-state index in [1.807, 2.05) is 19.1 Å². The summed E-state index contributed by atoms with van der Waals surface area (Å²) in [6.07, 6.45) is -5.03. The van der Waals surface area contributed by atoms with Gasteiger partial charge in [-0.3, -0.25) is 24.0 Å². The molecule has 1 aromatic carbocycles. The predicted molar refractivity (Wildman–Crippen MR) is 184 cm³/mol. The molecular weight excluding hydrogens is 642 g/mol. The maximum atomic E-state index is 14.2. The fourth-order valence-electron chi connectivity index (χ4n) is 6.27. The number of piperidine rings is 1.